The Kier molecular flexibility index (Phi) is 6.39. The first-order valence-corrected chi connectivity index (χ1v) is 9.99. The van der Waals surface area contributed by atoms with E-state index < -0.39 is 6.10 Å². The molecule has 0 bridgehead atoms. The Morgan fingerprint density at radius 1 is 0.964 bits per heavy atom. The molecule has 1 aromatic heterocycles. The van der Waals surface area contributed by atoms with Crippen LogP contribution in [0.25, 0.3) is 11.0 Å². The van der Waals surface area contributed by atoms with Crippen molar-refractivity contribution in [2.24, 2.45) is 0 Å². The second-order valence-electron chi connectivity index (χ2n) is 7.41. The van der Waals surface area contributed by atoms with Gasteiger partial charge < -0.3 is 14.3 Å². The number of furan rings is 1. The molecule has 28 heavy (non-hydrogen) atoms. The van der Waals surface area contributed by atoms with E-state index in [1.807, 2.05) is 24.3 Å². The van der Waals surface area contributed by atoms with Crippen molar-refractivity contribution < 1.29 is 14.3 Å². The summed E-state index contributed by atoms with van der Waals surface area (Å²) in [4.78, 5) is 4.94. The third-order valence-electron chi connectivity index (χ3n) is 5.40. The van der Waals surface area contributed by atoms with Crippen LogP contribution in [0, 0.1) is 0 Å². The van der Waals surface area contributed by atoms with Crippen LogP contribution in [0.2, 0.25) is 0 Å². The smallest absolute Gasteiger partial charge is 0.133 e. The highest BCUT2D eigenvalue weighted by Gasteiger charge is 2.17. The molecule has 1 fully saturated rings. The maximum atomic E-state index is 10.4. The van der Waals surface area contributed by atoms with Crippen LogP contribution in [0.15, 0.2) is 65.3 Å². The van der Waals surface area contributed by atoms with Gasteiger partial charge in [-0.1, -0.05) is 36.4 Å². The lowest BCUT2D eigenvalue weighted by Gasteiger charge is -2.34. The molecule has 1 unspecified atom stereocenters. The minimum absolute atomic E-state index is 0.317. The van der Waals surface area contributed by atoms with Gasteiger partial charge in [0.1, 0.15) is 11.7 Å². The lowest BCUT2D eigenvalue weighted by atomic mass is 10.1. The van der Waals surface area contributed by atoms with Gasteiger partial charge in [-0.2, -0.15) is 0 Å². The molecule has 0 aliphatic carbocycles. The summed E-state index contributed by atoms with van der Waals surface area (Å²) in [5.74, 6) is 0. The monoisotopic (exact) mass is 380 g/mol. The highest BCUT2D eigenvalue weighted by molar-refractivity contribution is 5.77. The third-order valence-corrected chi connectivity index (χ3v) is 5.40. The van der Waals surface area contributed by atoms with E-state index in [2.05, 4.69) is 40.1 Å². The van der Waals surface area contributed by atoms with E-state index in [0.29, 0.717) is 13.2 Å². The van der Waals surface area contributed by atoms with Crippen LogP contribution in [0.3, 0.4) is 0 Å². The van der Waals surface area contributed by atoms with E-state index in [9.17, 15) is 5.11 Å². The molecule has 0 saturated carbocycles. The lowest BCUT2D eigenvalue weighted by molar-refractivity contribution is 0.0197. The zero-order valence-electron chi connectivity index (χ0n) is 16.2. The number of hydrogen-bond acceptors (Lipinski definition) is 5. The zero-order chi connectivity index (χ0) is 19.2. The first kappa shape index (κ1) is 19.2. The summed E-state index contributed by atoms with van der Waals surface area (Å²) in [6.07, 6.45) is 1.05. The largest absolute Gasteiger partial charge is 0.464 e. The number of piperazine rings is 1. The fourth-order valence-corrected chi connectivity index (χ4v) is 3.69. The highest BCUT2D eigenvalue weighted by atomic mass is 16.5. The van der Waals surface area contributed by atoms with Gasteiger partial charge in [0.05, 0.1) is 19.5 Å². The lowest BCUT2D eigenvalue weighted by Crippen LogP contribution is -2.46. The standard InChI is InChI=1S/C23H28N2O3/c26-22(20-6-7-23-21(16-20)8-14-28-23)18-27-15-13-24-9-11-25(12-10-24)17-19-4-2-1-3-5-19/h1-8,14,16,22,26H,9-13,15,17-18H2. The molecule has 2 aromatic carbocycles. The predicted octanol–water partition coefficient (Wildman–Crippen LogP) is 3.30. The van der Waals surface area contributed by atoms with Gasteiger partial charge >= 0.3 is 0 Å². The van der Waals surface area contributed by atoms with Gasteiger partial charge in [0, 0.05) is 44.7 Å². The molecular formula is C23H28N2O3. The number of ether oxygens (including phenoxy) is 1. The molecule has 2 heterocycles. The molecule has 0 amide bonds. The minimum atomic E-state index is -0.609. The van der Waals surface area contributed by atoms with E-state index in [0.717, 1.165) is 55.8 Å². The maximum absolute atomic E-state index is 10.4. The highest BCUT2D eigenvalue weighted by Crippen LogP contribution is 2.21. The maximum Gasteiger partial charge on any atom is 0.133 e. The Bertz CT molecular complexity index is 856. The fraction of sp³-hybridized carbons (Fsp3) is 0.391. The summed E-state index contributed by atoms with van der Waals surface area (Å²) in [7, 11) is 0. The van der Waals surface area contributed by atoms with Crippen molar-refractivity contribution in [3.05, 3.63) is 72.0 Å². The van der Waals surface area contributed by atoms with Crippen molar-refractivity contribution in [3.63, 3.8) is 0 Å². The van der Waals surface area contributed by atoms with Crippen LogP contribution in [-0.2, 0) is 11.3 Å². The Balaban J connectivity index is 1.14. The van der Waals surface area contributed by atoms with Gasteiger partial charge in [0.15, 0.2) is 0 Å². The average Bonchev–Trinajstić information content (AvgIpc) is 3.21. The molecule has 0 spiro atoms. The number of benzene rings is 2. The number of fused-ring (bicyclic) bond motifs is 1. The molecular weight excluding hydrogens is 352 g/mol. The molecule has 1 aliphatic heterocycles. The molecule has 1 saturated heterocycles. The fourth-order valence-electron chi connectivity index (χ4n) is 3.69. The molecule has 1 aliphatic rings. The van der Waals surface area contributed by atoms with Gasteiger partial charge in [0.2, 0.25) is 0 Å². The molecule has 148 valence electrons. The van der Waals surface area contributed by atoms with E-state index >= 15 is 0 Å². The molecule has 3 aromatic rings. The Morgan fingerprint density at radius 3 is 2.57 bits per heavy atom. The summed E-state index contributed by atoms with van der Waals surface area (Å²) in [6, 6.07) is 18.3. The topological polar surface area (TPSA) is 49.1 Å². The first-order valence-electron chi connectivity index (χ1n) is 9.99. The molecule has 0 radical (unpaired) electrons. The van der Waals surface area contributed by atoms with Crippen LogP contribution in [0.1, 0.15) is 17.2 Å². The van der Waals surface area contributed by atoms with Gasteiger partial charge in [-0.05, 0) is 29.3 Å². The van der Waals surface area contributed by atoms with Crippen LogP contribution < -0.4 is 0 Å². The van der Waals surface area contributed by atoms with Crippen LogP contribution in [-0.4, -0.2) is 60.8 Å². The summed E-state index contributed by atoms with van der Waals surface area (Å²) in [6.45, 7) is 7.20. The van der Waals surface area contributed by atoms with Gasteiger partial charge in [-0.3, -0.25) is 9.80 Å². The third kappa shape index (κ3) is 5.00. The van der Waals surface area contributed by atoms with Crippen LogP contribution in [0.4, 0.5) is 0 Å². The van der Waals surface area contributed by atoms with E-state index in [1.54, 1.807) is 6.26 Å². The SMILES string of the molecule is OC(COCCN1CCN(Cc2ccccc2)CC1)c1ccc2occc2c1. The normalized spacial score (nSPS) is 17.2. The van der Waals surface area contributed by atoms with Gasteiger partial charge in [0.25, 0.3) is 0 Å². The first-order chi connectivity index (χ1) is 13.8. The molecule has 5 heteroatoms. The van der Waals surface area contributed by atoms with Gasteiger partial charge in [-0.15, -0.1) is 0 Å². The van der Waals surface area contributed by atoms with Crippen molar-refractivity contribution in [2.45, 2.75) is 12.6 Å². The number of aliphatic hydroxyl groups is 1. The van der Waals surface area contributed by atoms with E-state index in [-0.39, 0.29) is 0 Å². The summed E-state index contributed by atoms with van der Waals surface area (Å²) < 4.78 is 11.1. The van der Waals surface area contributed by atoms with Gasteiger partial charge in [-0.25, -0.2) is 0 Å². The molecule has 1 atom stereocenters. The van der Waals surface area contributed by atoms with Crippen molar-refractivity contribution >= 4 is 11.0 Å². The van der Waals surface area contributed by atoms with Crippen molar-refractivity contribution in [1.82, 2.24) is 9.80 Å². The minimum Gasteiger partial charge on any atom is -0.464 e. The van der Waals surface area contributed by atoms with Crippen LogP contribution >= 0.6 is 0 Å². The Hall–Kier alpha value is -2.18. The van der Waals surface area contributed by atoms with Crippen molar-refractivity contribution in [3.8, 4) is 0 Å². The number of nitrogens with zero attached hydrogens (tertiary/aromatic N) is 2. The second kappa shape index (κ2) is 9.34. The summed E-state index contributed by atoms with van der Waals surface area (Å²) >= 11 is 0. The molecule has 4 rings (SSSR count). The van der Waals surface area contributed by atoms with Crippen LogP contribution in [0.5, 0.6) is 0 Å². The predicted molar refractivity (Wildman–Crippen MR) is 110 cm³/mol. The van der Waals surface area contributed by atoms with E-state index in [4.69, 9.17) is 9.15 Å². The number of hydrogen-bond donors (Lipinski definition) is 1. The average molecular weight is 380 g/mol. The Morgan fingerprint density at radius 2 is 1.75 bits per heavy atom. The summed E-state index contributed by atoms with van der Waals surface area (Å²) in [5, 5.41) is 11.4. The van der Waals surface area contributed by atoms with E-state index in [1.165, 1.54) is 5.56 Å². The molecule has 1 N–H and O–H groups in total. The van der Waals surface area contributed by atoms with Crippen molar-refractivity contribution in [1.29, 1.82) is 0 Å². The summed E-state index contributed by atoms with van der Waals surface area (Å²) in [5.41, 5.74) is 3.08. The second-order valence-corrected chi connectivity index (χ2v) is 7.41. The zero-order valence-corrected chi connectivity index (χ0v) is 16.2. The molecule has 5 nitrogen and oxygen atoms in total. The Labute approximate surface area is 166 Å². The van der Waals surface area contributed by atoms with Crippen molar-refractivity contribution in [2.75, 3.05) is 45.9 Å². The quantitative estimate of drug-likeness (QED) is 0.608. The number of rotatable bonds is 8. The number of aliphatic hydroxyl groups excluding tert-OH is 1.